The molecular weight excluding hydrogens is 378 g/mol. The molecule has 0 aromatic heterocycles. The van der Waals surface area contributed by atoms with Gasteiger partial charge in [-0.05, 0) is 37.3 Å². The summed E-state index contributed by atoms with van der Waals surface area (Å²) < 4.78 is 0. The highest BCUT2D eigenvalue weighted by Gasteiger charge is 2.58. The number of aliphatic imine (C=N–C) groups is 1. The largest absolute Gasteiger partial charge is 0.370 e. The maximum absolute atomic E-state index is 12.7. The number of benzene rings is 1. The molecule has 0 spiro atoms. The third-order valence-electron chi connectivity index (χ3n) is 6.80. The number of carbonyl (C=O) groups excluding carboxylic acids is 2. The zero-order chi connectivity index (χ0) is 21.3. The number of carbonyl (C=O) groups is 2. The first-order valence-electron chi connectivity index (χ1n) is 10.8. The fourth-order valence-electron chi connectivity index (χ4n) is 4.99. The van der Waals surface area contributed by atoms with E-state index < -0.39 is 0 Å². The number of para-hydroxylation sites is 1. The van der Waals surface area contributed by atoms with Crippen LogP contribution >= 0.6 is 0 Å². The van der Waals surface area contributed by atoms with Gasteiger partial charge in [-0.25, -0.2) is 0 Å². The number of fused-ring (bicyclic) bond motifs is 5. The Morgan fingerprint density at radius 2 is 1.77 bits per heavy atom. The summed E-state index contributed by atoms with van der Waals surface area (Å²) >= 11 is 0. The first-order chi connectivity index (χ1) is 14.5. The number of likely N-dealkylation sites (tertiary alicyclic amines) is 1. The molecule has 2 amide bonds. The molecular formula is C23H31N5O2. The highest BCUT2D eigenvalue weighted by Crippen LogP contribution is 2.52. The Morgan fingerprint density at radius 1 is 1.13 bits per heavy atom. The van der Waals surface area contributed by atoms with Crippen LogP contribution in [0.2, 0.25) is 0 Å². The van der Waals surface area contributed by atoms with Gasteiger partial charge in [0.15, 0.2) is 5.96 Å². The number of nitrogens with one attached hydrogen (secondary N) is 2. The lowest BCUT2D eigenvalue weighted by molar-refractivity contribution is -0.140. The average Bonchev–Trinajstić information content (AvgIpc) is 3.45. The smallest absolute Gasteiger partial charge is 0.233 e. The monoisotopic (exact) mass is 409 g/mol. The number of amides is 2. The Morgan fingerprint density at radius 3 is 2.37 bits per heavy atom. The van der Waals surface area contributed by atoms with Crippen LogP contribution in [0.15, 0.2) is 47.5 Å². The van der Waals surface area contributed by atoms with E-state index in [0.29, 0.717) is 25.6 Å². The lowest BCUT2D eigenvalue weighted by Gasteiger charge is -2.28. The van der Waals surface area contributed by atoms with Crippen LogP contribution in [0.4, 0.5) is 5.69 Å². The molecule has 2 aliphatic carbocycles. The van der Waals surface area contributed by atoms with E-state index in [2.05, 4.69) is 58.8 Å². The van der Waals surface area contributed by atoms with E-state index in [0.717, 1.165) is 12.1 Å². The van der Waals surface area contributed by atoms with Gasteiger partial charge in [0.25, 0.3) is 0 Å². The molecule has 7 nitrogen and oxygen atoms in total. The second-order valence-corrected chi connectivity index (χ2v) is 8.50. The van der Waals surface area contributed by atoms with Crippen molar-refractivity contribution in [1.29, 1.82) is 0 Å². The van der Waals surface area contributed by atoms with Crippen LogP contribution in [-0.4, -0.2) is 62.4 Å². The summed E-state index contributed by atoms with van der Waals surface area (Å²) in [6.07, 6.45) is 5.21. The van der Waals surface area contributed by atoms with Gasteiger partial charge in [0.2, 0.25) is 11.8 Å². The highest BCUT2D eigenvalue weighted by molar-refractivity contribution is 6.06. The van der Waals surface area contributed by atoms with Crippen molar-refractivity contribution >= 4 is 23.5 Å². The maximum atomic E-state index is 12.7. The van der Waals surface area contributed by atoms with Crippen LogP contribution in [0.3, 0.4) is 0 Å². The molecule has 1 aromatic rings. The Balaban J connectivity index is 1.24. The van der Waals surface area contributed by atoms with Gasteiger partial charge in [-0.2, -0.15) is 0 Å². The molecule has 2 bridgehead atoms. The standard InChI is InChI=1S/C23H31N5O2/c1-15(27(3)18-7-5-4-6-8-18)14-26-23(24-2)25-11-12-28-21(29)19-16-9-10-17(13-16)20(19)22(28)30/h4-10,15-17,19-20H,11-14H2,1-3H3,(H2,24,25,26). The van der Waals surface area contributed by atoms with Gasteiger partial charge in [-0.1, -0.05) is 30.4 Å². The Kier molecular flexibility index (Phi) is 5.79. The topological polar surface area (TPSA) is 77.0 Å². The summed E-state index contributed by atoms with van der Waals surface area (Å²) in [5.74, 6) is 0.941. The Labute approximate surface area is 178 Å². The van der Waals surface area contributed by atoms with E-state index >= 15 is 0 Å². The molecule has 5 atom stereocenters. The molecule has 3 aliphatic rings. The number of anilines is 1. The Hall–Kier alpha value is -2.83. The van der Waals surface area contributed by atoms with Gasteiger partial charge in [-0.3, -0.25) is 19.5 Å². The molecule has 30 heavy (non-hydrogen) atoms. The van der Waals surface area contributed by atoms with Gasteiger partial charge in [0, 0.05) is 45.5 Å². The fraction of sp³-hybridized carbons (Fsp3) is 0.522. The number of imide groups is 1. The van der Waals surface area contributed by atoms with Gasteiger partial charge >= 0.3 is 0 Å². The van der Waals surface area contributed by atoms with E-state index in [1.165, 1.54) is 4.90 Å². The fourth-order valence-corrected chi connectivity index (χ4v) is 4.99. The van der Waals surface area contributed by atoms with Crippen LogP contribution < -0.4 is 15.5 Å². The second-order valence-electron chi connectivity index (χ2n) is 8.50. The molecule has 4 rings (SSSR count). The summed E-state index contributed by atoms with van der Waals surface area (Å²) in [6, 6.07) is 10.5. The van der Waals surface area contributed by atoms with Crippen molar-refractivity contribution in [3.63, 3.8) is 0 Å². The van der Waals surface area contributed by atoms with Crippen molar-refractivity contribution in [2.75, 3.05) is 38.6 Å². The molecule has 0 radical (unpaired) electrons. The normalized spacial score (nSPS) is 28.1. The molecule has 2 N–H and O–H groups in total. The number of guanidine groups is 1. The molecule has 1 saturated heterocycles. The summed E-state index contributed by atoms with van der Waals surface area (Å²) in [6.45, 7) is 3.73. The van der Waals surface area contributed by atoms with Crippen LogP contribution in [0.5, 0.6) is 0 Å². The summed E-state index contributed by atoms with van der Waals surface area (Å²) in [7, 11) is 3.79. The first kappa shape index (κ1) is 20.4. The van der Waals surface area contributed by atoms with Gasteiger partial charge in [-0.15, -0.1) is 0 Å². The van der Waals surface area contributed by atoms with Gasteiger partial charge < -0.3 is 15.5 Å². The number of hydrogen-bond donors (Lipinski definition) is 2. The van der Waals surface area contributed by atoms with E-state index in [-0.39, 0.29) is 41.5 Å². The zero-order valence-electron chi connectivity index (χ0n) is 17.9. The predicted octanol–water partition coefficient (Wildman–Crippen LogP) is 1.48. The van der Waals surface area contributed by atoms with E-state index in [9.17, 15) is 9.59 Å². The zero-order valence-corrected chi connectivity index (χ0v) is 17.9. The molecule has 5 unspecified atom stereocenters. The van der Waals surface area contributed by atoms with Crippen LogP contribution in [0.1, 0.15) is 13.3 Å². The number of nitrogens with zero attached hydrogens (tertiary/aromatic N) is 3. The van der Waals surface area contributed by atoms with E-state index in [1.54, 1.807) is 7.05 Å². The van der Waals surface area contributed by atoms with Gasteiger partial charge in [0.05, 0.1) is 11.8 Å². The molecule has 160 valence electrons. The minimum atomic E-state index is -0.126. The first-order valence-corrected chi connectivity index (χ1v) is 10.8. The van der Waals surface area contributed by atoms with E-state index in [4.69, 9.17) is 0 Å². The van der Waals surface area contributed by atoms with Crippen molar-refractivity contribution in [2.24, 2.45) is 28.7 Å². The number of allylic oxidation sites excluding steroid dienone is 2. The number of hydrogen-bond acceptors (Lipinski definition) is 4. The second kappa shape index (κ2) is 8.50. The molecule has 7 heteroatoms. The molecule has 1 aromatic carbocycles. The summed E-state index contributed by atoms with van der Waals surface area (Å²) in [5.41, 5.74) is 1.16. The summed E-state index contributed by atoms with van der Waals surface area (Å²) in [4.78, 5) is 33.4. The van der Waals surface area contributed by atoms with Crippen LogP contribution in [0.25, 0.3) is 0 Å². The number of rotatable bonds is 7. The number of likely N-dealkylation sites (N-methyl/N-ethyl adjacent to an activating group) is 1. The molecule has 1 aliphatic heterocycles. The lowest BCUT2D eigenvalue weighted by Crippen LogP contribution is -2.47. The van der Waals surface area contributed by atoms with Crippen molar-refractivity contribution < 1.29 is 9.59 Å². The van der Waals surface area contributed by atoms with E-state index in [1.807, 2.05) is 18.2 Å². The van der Waals surface area contributed by atoms with Gasteiger partial charge in [0.1, 0.15) is 0 Å². The van der Waals surface area contributed by atoms with Crippen molar-refractivity contribution in [3.8, 4) is 0 Å². The molecule has 2 fully saturated rings. The Bertz CT molecular complexity index is 822. The minimum absolute atomic E-state index is 0.00436. The van der Waals surface area contributed by atoms with Crippen molar-refractivity contribution in [2.45, 2.75) is 19.4 Å². The van der Waals surface area contributed by atoms with Crippen molar-refractivity contribution in [3.05, 3.63) is 42.5 Å². The quantitative estimate of drug-likeness (QED) is 0.309. The highest BCUT2D eigenvalue weighted by atomic mass is 16.2. The molecule has 1 saturated carbocycles. The minimum Gasteiger partial charge on any atom is -0.370 e. The predicted molar refractivity (Wildman–Crippen MR) is 118 cm³/mol. The average molecular weight is 410 g/mol. The summed E-state index contributed by atoms with van der Waals surface area (Å²) in [5, 5.41) is 6.56. The maximum Gasteiger partial charge on any atom is 0.233 e. The lowest BCUT2D eigenvalue weighted by atomic mass is 9.85. The third kappa shape index (κ3) is 3.68. The molecule has 1 heterocycles. The SMILES string of the molecule is CN=C(NCCN1C(=O)C2C3C=CC(C3)C2C1=O)NCC(C)N(C)c1ccccc1. The third-order valence-corrected chi connectivity index (χ3v) is 6.80. The van der Waals surface area contributed by atoms with Crippen LogP contribution in [-0.2, 0) is 9.59 Å². The van der Waals surface area contributed by atoms with Crippen molar-refractivity contribution in [1.82, 2.24) is 15.5 Å². The van der Waals surface area contributed by atoms with Crippen LogP contribution in [0, 0.1) is 23.7 Å².